The van der Waals surface area contributed by atoms with Crippen LogP contribution < -0.4 is 10.6 Å². The number of aryl methyl sites for hydroxylation is 1. The van der Waals surface area contributed by atoms with Crippen LogP contribution in [-0.2, 0) is 9.59 Å². The van der Waals surface area contributed by atoms with Crippen LogP contribution in [0, 0.1) is 6.92 Å². The highest BCUT2D eigenvalue weighted by Crippen LogP contribution is 2.36. The van der Waals surface area contributed by atoms with Gasteiger partial charge in [0, 0.05) is 16.3 Å². The number of nitrogens with zero attached hydrogens (tertiary/aromatic N) is 2. The molecular weight excluding hydrogens is 364 g/mol. The number of carbonyl (C=O) groups is 2. The summed E-state index contributed by atoms with van der Waals surface area (Å²) in [6.07, 6.45) is 1.69. The number of rotatable bonds is 4. The lowest BCUT2D eigenvalue weighted by Gasteiger charge is -2.10. The summed E-state index contributed by atoms with van der Waals surface area (Å²) in [5, 5.41) is 10.6. The van der Waals surface area contributed by atoms with Gasteiger partial charge in [-0.05, 0) is 42.3 Å². The first kappa shape index (κ1) is 17.3. The molecule has 1 aliphatic heterocycles. The lowest BCUT2D eigenvalue weighted by Crippen LogP contribution is -2.23. The zero-order valence-electron chi connectivity index (χ0n) is 14.6. The number of hydrogen-bond donors (Lipinski definition) is 2. The van der Waals surface area contributed by atoms with E-state index in [0.717, 1.165) is 16.7 Å². The summed E-state index contributed by atoms with van der Waals surface area (Å²) in [4.78, 5) is 24.8. The summed E-state index contributed by atoms with van der Waals surface area (Å²) in [7, 11) is 0. The number of hydrogen-bond acceptors (Lipinski definition) is 3. The second-order valence-corrected chi connectivity index (χ2v) is 6.92. The quantitative estimate of drug-likeness (QED) is 0.717. The summed E-state index contributed by atoms with van der Waals surface area (Å²) < 4.78 is 1.57. The van der Waals surface area contributed by atoms with Crippen molar-refractivity contribution in [3.63, 3.8) is 0 Å². The van der Waals surface area contributed by atoms with E-state index in [2.05, 4.69) is 15.7 Å². The smallest absolute Gasteiger partial charge is 0.251 e. The lowest BCUT2D eigenvalue weighted by atomic mass is 10.1. The molecule has 1 unspecified atom stereocenters. The van der Waals surface area contributed by atoms with E-state index >= 15 is 0 Å². The van der Waals surface area contributed by atoms with Gasteiger partial charge in [-0.1, -0.05) is 35.9 Å². The minimum Gasteiger partial charge on any atom is -0.326 e. The van der Waals surface area contributed by atoms with Gasteiger partial charge < -0.3 is 10.6 Å². The molecule has 4 rings (SSSR count). The maximum atomic E-state index is 12.4. The molecule has 1 atom stereocenters. The van der Waals surface area contributed by atoms with Crippen LogP contribution in [0.2, 0.25) is 5.02 Å². The molecular formula is C20H17ClN4O2. The standard InChI is InChI=1S/C20H17ClN4O2/c1-12-3-2-4-15(9-12)23-18(26)10-17-20(27)24-19-16(11-22-25(17)19)13-5-7-14(21)8-6-13/h2-9,11,17H,10H2,1H3,(H,23,26)(H,24,27). The Morgan fingerprint density at radius 1 is 1.26 bits per heavy atom. The highest BCUT2D eigenvalue weighted by molar-refractivity contribution is 6.30. The molecule has 0 radical (unpaired) electrons. The van der Waals surface area contributed by atoms with Crippen LogP contribution in [-0.4, -0.2) is 21.6 Å². The number of anilines is 2. The van der Waals surface area contributed by atoms with Crippen LogP contribution in [0.4, 0.5) is 11.5 Å². The summed E-state index contributed by atoms with van der Waals surface area (Å²) >= 11 is 5.94. The van der Waals surface area contributed by atoms with Gasteiger partial charge in [0.1, 0.15) is 11.9 Å². The summed E-state index contributed by atoms with van der Waals surface area (Å²) in [6, 6.07) is 14.1. The van der Waals surface area contributed by atoms with Crippen LogP contribution >= 0.6 is 11.6 Å². The molecule has 2 amide bonds. The lowest BCUT2D eigenvalue weighted by molar-refractivity contribution is -0.123. The molecule has 1 aromatic heterocycles. The van der Waals surface area contributed by atoms with E-state index < -0.39 is 6.04 Å². The SMILES string of the molecule is Cc1cccc(NC(=O)CC2C(=O)Nc3c(-c4ccc(Cl)cc4)cnn32)c1. The number of aromatic nitrogens is 2. The van der Waals surface area contributed by atoms with Gasteiger partial charge in [-0.15, -0.1) is 0 Å². The monoisotopic (exact) mass is 380 g/mol. The number of carbonyl (C=O) groups excluding carboxylic acids is 2. The third-order valence-corrected chi connectivity index (χ3v) is 4.72. The molecule has 2 aromatic carbocycles. The average molecular weight is 381 g/mol. The third kappa shape index (κ3) is 3.44. The van der Waals surface area contributed by atoms with Crippen LogP contribution in [0.15, 0.2) is 54.7 Å². The molecule has 0 aliphatic carbocycles. The van der Waals surface area contributed by atoms with Crippen molar-refractivity contribution in [2.45, 2.75) is 19.4 Å². The van der Waals surface area contributed by atoms with E-state index in [0.29, 0.717) is 16.5 Å². The number of nitrogens with one attached hydrogen (secondary N) is 2. The van der Waals surface area contributed by atoms with Gasteiger partial charge in [-0.3, -0.25) is 9.59 Å². The predicted octanol–water partition coefficient (Wildman–Crippen LogP) is 4.03. The third-order valence-electron chi connectivity index (χ3n) is 4.47. The maximum Gasteiger partial charge on any atom is 0.251 e. The average Bonchev–Trinajstić information content (AvgIpc) is 3.16. The fourth-order valence-electron chi connectivity index (χ4n) is 3.16. The minimum absolute atomic E-state index is 0.00845. The molecule has 0 bridgehead atoms. The fourth-order valence-corrected chi connectivity index (χ4v) is 3.29. The van der Waals surface area contributed by atoms with Crippen molar-refractivity contribution < 1.29 is 9.59 Å². The Balaban J connectivity index is 1.54. The summed E-state index contributed by atoms with van der Waals surface area (Å²) in [5.41, 5.74) is 3.45. The van der Waals surface area contributed by atoms with Crippen molar-refractivity contribution in [3.05, 3.63) is 65.3 Å². The molecule has 3 aromatic rings. The fraction of sp³-hybridized carbons (Fsp3) is 0.150. The number of amides is 2. The second kappa shape index (κ2) is 6.89. The van der Waals surface area contributed by atoms with Crippen molar-refractivity contribution in [1.82, 2.24) is 9.78 Å². The predicted molar refractivity (Wildman–Crippen MR) is 105 cm³/mol. The second-order valence-electron chi connectivity index (χ2n) is 6.49. The molecule has 2 N–H and O–H groups in total. The topological polar surface area (TPSA) is 76.0 Å². The molecule has 0 saturated carbocycles. The van der Waals surface area contributed by atoms with Crippen LogP contribution in [0.5, 0.6) is 0 Å². The Morgan fingerprint density at radius 2 is 2.04 bits per heavy atom. The van der Waals surface area contributed by atoms with Gasteiger partial charge in [-0.2, -0.15) is 5.10 Å². The first-order valence-corrected chi connectivity index (χ1v) is 8.90. The molecule has 2 heterocycles. The van der Waals surface area contributed by atoms with Gasteiger partial charge in [-0.25, -0.2) is 4.68 Å². The minimum atomic E-state index is -0.675. The zero-order chi connectivity index (χ0) is 19.0. The Labute approximate surface area is 161 Å². The maximum absolute atomic E-state index is 12.4. The first-order valence-electron chi connectivity index (χ1n) is 8.52. The normalized spacial score (nSPS) is 15.3. The molecule has 1 aliphatic rings. The molecule has 7 heteroatoms. The highest BCUT2D eigenvalue weighted by Gasteiger charge is 2.35. The first-order chi connectivity index (χ1) is 13.0. The van der Waals surface area contributed by atoms with Crippen molar-refractivity contribution in [3.8, 4) is 11.1 Å². The molecule has 6 nitrogen and oxygen atoms in total. The Bertz CT molecular complexity index is 1030. The van der Waals surface area contributed by atoms with Gasteiger partial charge in [0.15, 0.2) is 0 Å². The Morgan fingerprint density at radius 3 is 2.78 bits per heavy atom. The van der Waals surface area contributed by atoms with E-state index in [1.165, 1.54) is 0 Å². The van der Waals surface area contributed by atoms with Crippen molar-refractivity contribution in [2.24, 2.45) is 0 Å². The van der Waals surface area contributed by atoms with E-state index in [4.69, 9.17) is 11.6 Å². The number of fused-ring (bicyclic) bond motifs is 1. The van der Waals surface area contributed by atoms with Crippen molar-refractivity contribution in [2.75, 3.05) is 10.6 Å². The van der Waals surface area contributed by atoms with Crippen LogP contribution in [0.3, 0.4) is 0 Å². The molecule has 0 saturated heterocycles. The summed E-state index contributed by atoms with van der Waals surface area (Å²) in [5.74, 6) is 0.112. The summed E-state index contributed by atoms with van der Waals surface area (Å²) in [6.45, 7) is 1.95. The van der Waals surface area contributed by atoms with Gasteiger partial charge in [0.25, 0.3) is 5.91 Å². The van der Waals surface area contributed by atoms with Crippen molar-refractivity contribution >= 4 is 34.9 Å². The van der Waals surface area contributed by atoms with Gasteiger partial charge >= 0.3 is 0 Å². The molecule has 136 valence electrons. The number of benzene rings is 2. The van der Waals surface area contributed by atoms with E-state index in [-0.39, 0.29) is 18.2 Å². The Hall–Kier alpha value is -3.12. The molecule has 0 spiro atoms. The highest BCUT2D eigenvalue weighted by atomic mass is 35.5. The van der Waals surface area contributed by atoms with Gasteiger partial charge in [0.2, 0.25) is 5.91 Å². The largest absolute Gasteiger partial charge is 0.326 e. The van der Waals surface area contributed by atoms with Crippen LogP contribution in [0.25, 0.3) is 11.1 Å². The Kier molecular flexibility index (Phi) is 4.41. The van der Waals surface area contributed by atoms with E-state index in [9.17, 15) is 9.59 Å². The zero-order valence-corrected chi connectivity index (χ0v) is 15.3. The van der Waals surface area contributed by atoms with Crippen molar-refractivity contribution in [1.29, 1.82) is 0 Å². The molecule has 27 heavy (non-hydrogen) atoms. The van der Waals surface area contributed by atoms with E-state index in [1.54, 1.807) is 23.0 Å². The van der Waals surface area contributed by atoms with Gasteiger partial charge in [0.05, 0.1) is 12.6 Å². The number of halogens is 1. The van der Waals surface area contributed by atoms with E-state index in [1.807, 2.05) is 43.3 Å². The van der Waals surface area contributed by atoms with Crippen LogP contribution in [0.1, 0.15) is 18.0 Å². The molecule has 0 fully saturated rings.